The van der Waals surface area contributed by atoms with Crippen LogP contribution in [0.4, 0.5) is 15.8 Å². The fourth-order valence-corrected chi connectivity index (χ4v) is 3.53. The Morgan fingerprint density at radius 1 is 1.40 bits per heavy atom. The highest BCUT2D eigenvalue weighted by molar-refractivity contribution is 9.10. The van der Waals surface area contributed by atoms with Crippen molar-refractivity contribution in [3.05, 3.63) is 39.9 Å². The number of morpholine rings is 1. The van der Waals surface area contributed by atoms with Gasteiger partial charge < -0.3 is 15.0 Å². The van der Waals surface area contributed by atoms with Gasteiger partial charge in [-0.05, 0) is 40.0 Å². The number of hydrogen-bond donors (Lipinski definition) is 2. The molecule has 0 saturated carbocycles. The molecule has 2 heterocycles. The van der Waals surface area contributed by atoms with E-state index in [1.54, 1.807) is 12.1 Å². The molecule has 134 valence electrons. The van der Waals surface area contributed by atoms with E-state index in [-0.39, 0.29) is 17.4 Å². The first kappa shape index (κ1) is 17.9. The van der Waals surface area contributed by atoms with Crippen molar-refractivity contribution < 1.29 is 13.9 Å². The minimum atomic E-state index is -0.395. The third-order valence-electron chi connectivity index (χ3n) is 4.08. The second kappa shape index (κ2) is 7.53. The Morgan fingerprint density at radius 2 is 2.12 bits per heavy atom. The van der Waals surface area contributed by atoms with Gasteiger partial charge >= 0.3 is 0 Å². The van der Waals surface area contributed by atoms with Crippen LogP contribution in [-0.2, 0) is 4.74 Å². The number of ether oxygens (including phenoxy) is 1. The van der Waals surface area contributed by atoms with Crippen molar-refractivity contribution in [3.63, 3.8) is 0 Å². The second-order valence-corrected chi connectivity index (χ2v) is 6.97. The summed E-state index contributed by atoms with van der Waals surface area (Å²) in [6, 6.07) is 4.69. The number of amides is 1. The zero-order valence-electron chi connectivity index (χ0n) is 14.1. The monoisotopic (exact) mass is 410 g/mol. The molecule has 0 unspecified atom stereocenters. The van der Waals surface area contributed by atoms with E-state index in [1.807, 2.05) is 18.7 Å². The quantitative estimate of drug-likeness (QED) is 0.808. The lowest BCUT2D eigenvalue weighted by Gasteiger charge is -2.29. The van der Waals surface area contributed by atoms with Gasteiger partial charge in [-0.15, -0.1) is 0 Å². The summed E-state index contributed by atoms with van der Waals surface area (Å²) in [7, 11) is 0. The molecular weight excluding hydrogens is 391 g/mol. The molecule has 6 nitrogen and oxygen atoms in total. The lowest BCUT2D eigenvalue weighted by atomic mass is 10.1. The molecule has 3 rings (SSSR count). The number of H-pyrrole nitrogens is 1. The van der Waals surface area contributed by atoms with Gasteiger partial charge in [0.05, 0.1) is 29.1 Å². The van der Waals surface area contributed by atoms with Crippen molar-refractivity contribution in [2.24, 2.45) is 0 Å². The van der Waals surface area contributed by atoms with Gasteiger partial charge in [0, 0.05) is 18.8 Å². The van der Waals surface area contributed by atoms with Crippen LogP contribution in [0.25, 0.3) is 0 Å². The van der Waals surface area contributed by atoms with E-state index in [1.165, 1.54) is 6.07 Å². The molecule has 1 amide bonds. The number of carbonyl (C=O) groups excluding carboxylic acids is 1. The Labute approximate surface area is 153 Å². The molecule has 1 aliphatic heterocycles. The smallest absolute Gasteiger partial charge is 0.277 e. The van der Waals surface area contributed by atoms with Gasteiger partial charge in [0.25, 0.3) is 5.91 Å². The van der Waals surface area contributed by atoms with Crippen LogP contribution in [0.2, 0.25) is 0 Å². The summed E-state index contributed by atoms with van der Waals surface area (Å²) in [4.78, 5) is 14.3. The lowest BCUT2D eigenvalue weighted by Crippen LogP contribution is -2.36. The molecule has 1 saturated heterocycles. The minimum Gasteiger partial charge on any atom is -0.378 e. The number of aromatic amines is 1. The van der Waals surface area contributed by atoms with Crippen LogP contribution >= 0.6 is 15.9 Å². The Hall–Kier alpha value is -1.93. The largest absolute Gasteiger partial charge is 0.378 e. The molecule has 1 aromatic heterocycles. The van der Waals surface area contributed by atoms with Crippen LogP contribution < -0.4 is 10.2 Å². The van der Waals surface area contributed by atoms with E-state index >= 15 is 0 Å². The number of aromatic nitrogens is 2. The van der Waals surface area contributed by atoms with E-state index in [0.29, 0.717) is 42.2 Å². The molecule has 1 aliphatic rings. The Bertz CT molecular complexity index is 772. The fourth-order valence-electron chi connectivity index (χ4n) is 2.71. The first-order valence-corrected chi connectivity index (χ1v) is 8.94. The number of rotatable bonds is 4. The molecule has 8 heteroatoms. The minimum absolute atomic E-state index is 0.202. The third-order valence-corrected chi connectivity index (χ3v) is 4.89. The highest BCUT2D eigenvalue weighted by Gasteiger charge is 2.20. The van der Waals surface area contributed by atoms with Crippen molar-refractivity contribution in [1.82, 2.24) is 10.2 Å². The number of nitrogens with one attached hydrogen (secondary N) is 2. The number of benzene rings is 1. The molecule has 0 spiro atoms. The Balaban J connectivity index is 1.74. The SMILES string of the molecule is CC(C)c1[nH]nc(C(=O)Nc2ccc(N3CCOCC3)c(F)c2)c1Br. The topological polar surface area (TPSA) is 70.2 Å². The highest BCUT2D eigenvalue weighted by Crippen LogP contribution is 2.27. The van der Waals surface area contributed by atoms with Crippen LogP contribution in [0.5, 0.6) is 0 Å². The summed E-state index contributed by atoms with van der Waals surface area (Å²) in [6.45, 7) is 6.48. The number of halogens is 2. The third kappa shape index (κ3) is 3.85. The van der Waals surface area contributed by atoms with Gasteiger partial charge in [-0.1, -0.05) is 13.8 Å². The van der Waals surface area contributed by atoms with Crippen molar-refractivity contribution in [3.8, 4) is 0 Å². The van der Waals surface area contributed by atoms with Crippen LogP contribution in [-0.4, -0.2) is 42.4 Å². The maximum atomic E-state index is 14.4. The summed E-state index contributed by atoms with van der Waals surface area (Å²) in [6.07, 6.45) is 0. The zero-order chi connectivity index (χ0) is 18.0. The fraction of sp³-hybridized carbons (Fsp3) is 0.412. The Kier molecular flexibility index (Phi) is 5.39. The maximum Gasteiger partial charge on any atom is 0.277 e. The first-order valence-electron chi connectivity index (χ1n) is 8.14. The van der Waals surface area contributed by atoms with Gasteiger partial charge in [-0.3, -0.25) is 9.89 Å². The molecule has 25 heavy (non-hydrogen) atoms. The number of anilines is 2. The highest BCUT2D eigenvalue weighted by atomic mass is 79.9. The molecule has 0 atom stereocenters. The van der Waals surface area contributed by atoms with E-state index in [0.717, 1.165) is 5.69 Å². The Morgan fingerprint density at radius 3 is 2.72 bits per heavy atom. The van der Waals surface area contributed by atoms with E-state index in [4.69, 9.17) is 4.74 Å². The summed E-state index contributed by atoms with van der Waals surface area (Å²) in [5, 5.41) is 9.59. The molecular formula is C17H20BrFN4O2. The number of carbonyl (C=O) groups is 1. The van der Waals surface area contributed by atoms with E-state index < -0.39 is 5.91 Å². The average molecular weight is 411 g/mol. The molecule has 2 N–H and O–H groups in total. The van der Waals surface area contributed by atoms with Gasteiger partial charge in [-0.2, -0.15) is 5.10 Å². The van der Waals surface area contributed by atoms with Crippen LogP contribution in [0.15, 0.2) is 22.7 Å². The lowest BCUT2D eigenvalue weighted by molar-refractivity contribution is 0.102. The molecule has 2 aromatic rings. The molecule has 0 bridgehead atoms. The van der Waals surface area contributed by atoms with E-state index in [2.05, 4.69) is 31.4 Å². The standard InChI is InChI=1S/C17H20BrFN4O2/c1-10(2)15-14(18)16(22-21-15)17(24)20-11-3-4-13(12(19)9-11)23-5-7-25-8-6-23/h3-4,9-10H,5-8H2,1-2H3,(H,20,24)(H,21,22). The summed E-state index contributed by atoms with van der Waals surface area (Å²) in [5.41, 5.74) is 2.00. The molecule has 1 fully saturated rings. The van der Waals surface area contributed by atoms with Gasteiger partial charge in [0.1, 0.15) is 5.82 Å². The van der Waals surface area contributed by atoms with Gasteiger partial charge in [-0.25, -0.2) is 4.39 Å². The van der Waals surface area contributed by atoms with Gasteiger partial charge in [0.2, 0.25) is 0 Å². The van der Waals surface area contributed by atoms with Crippen LogP contribution in [0.1, 0.15) is 35.9 Å². The maximum absolute atomic E-state index is 14.4. The van der Waals surface area contributed by atoms with Crippen molar-refractivity contribution in [2.75, 3.05) is 36.5 Å². The predicted molar refractivity (Wildman–Crippen MR) is 97.8 cm³/mol. The predicted octanol–water partition coefficient (Wildman–Crippen LogP) is 3.52. The van der Waals surface area contributed by atoms with Crippen molar-refractivity contribution in [1.29, 1.82) is 0 Å². The number of hydrogen-bond acceptors (Lipinski definition) is 4. The van der Waals surface area contributed by atoms with Crippen LogP contribution in [0.3, 0.4) is 0 Å². The zero-order valence-corrected chi connectivity index (χ0v) is 15.7. The summed E-state index contributed by atoms with van der Waals surface area (Å²) < 4.78 is 20.3. The van der Waals surface area contributed by atoms with E-state index in [9.17, 15) is 9.18 Å². The second-order valence-electron chi connectivity index (χ2n) is 6.17. The van der Waals surface area contributed by atoms with Crippen LogP contribution in [0, 0.1) is 5.82 Å². The van der Waals surface area contributed by atoms with Crippen molar-refractivity contribution >= 4 is 33.2 Å². The van der Waals surface area contributed by atoms with Crippen molar-refractivity contribution in [2.45, 2.75) is 19.8 Å². The average Bonchev–Trinajstić information content (AvgIpc) is 2.97. The number of nitrogens with zero attached hydrogens (tertiary/aromatic N) is 2. The van der Waals surface area contributed by atoms with Gasteiger partial charge in [0.15, 0.2) is 5.69 Å². The molecule has 1 aromatic carbocycles. The summed E-state index contributed by atoms with van der Waals surface area (Å²) >= 11 is 3.40. The summed E-state index contributed by atoms with van der Waals surface area (Å²) in [5.74, 6) is -0.564. The normalized spacial score (nSPS) is 14.8. The first-order chi connectivity index (χ1) is 12.0. The molecule has 0 radical (unpaired) electrons. The molecule has 0 aliphatic carbocycles.